The number of nitro benzene ring substituents is 1. The minimum absolute atomic E-state index is 0.101. The van der Waals surface area contributed by atoms with Crippen LogP contribution in [0.25, 0.3) is 0 Å². The quantitative estimate of drug-likeness (QED) is 0.470. The van der Waals surface area contributed by atoms with Crippen molar-refractivity contribution >= 4 is 5.69 Å². The van der Waals surface area contributed by atoms with E-state index in [1.165, 1.54) is 18.2 Å². The maximum atomic E-state index is 10.8. The van der Waals surface area contributed by atoms with Crippen LogP contribution < -0.4 is 10.5 Å². The van der Waals surface area contributed by atoms with Gasteiger partial charge in [0, 0.05) is 12.6 Å². The molecular formula is C11H11N3O3. The first-order valence-corrected chi connectivity index (χ1v) is 4.76. The predicted molar refractivity (Wildman–Crippen MR) is 61.5 cm³/mol. The lowest BCUT2D eigenvalue weighted by atomic mass is 10.2. The summed E-state index contributed by atoms with van der Waals surface area (Å²) in [6, 6.07) is 5.84. The van der Waals surface area contributed by atoms with Crippen molar-refractivity contribution in [1.29, 1.82) is 5.26 Å². The highest BCUT2D eigenvalue weighted by atomic mass is 16.6. The zero-order valence-electron chi connectivity index (χ0n) is 9.05. The number of nitrogens with zero attached hydrogens (tertiary/aromatic N) is 2. The fourth-order valence-electron chi connectivity index (χ4n) is 1.09. The van der Waals surface area contributed by atoms with Crippen LogP contribution in [0.15, 0.2) is 30.4 Å². The molecule has 0 aliphatic rings. The Morgan fingerprint density at radius 3 is 2.88 bits per heavy atom. The van der Waals surface area contributed by atoms with E-state index in [9.17, 15) is 10.1 Å². The fraction of sp³-hybridized carbons (Fsp3) is 0.182. The topological polar surface area (TPSA) is 102 Å². The van der Waals surface area contributed by atoms with Crippen LogP contribution in [0.2, 0.25) is 0 Å². The molecule has 0 saturated heterocycles. The normalized spacial score (nSPS) is 9.41. The van der Waals surface area contributed by atoms with Crippen LogP contribution in [0.1, 0.15) is 5.56 Å². The second kappa shape index (κ2) is 5.63. The summed E-state index contributed by atoms with van der Waals surface area (Å²) in [6.45, 7) is 3.99. The predicted octanol–water partition coefficient (Wildman–Crippen LogP) is 1.36. The number of benzene rings is 1. The van der Waals surface area contributed by atoms with Crippen LogP contribution in [0.4, 0.5) is 5.69 Å². The molecule has 0 amide bonds. The molecule has 0 aliphatic carbocycles. The van der Waals surface area contributed by atoms with Crippen LogP contribution in [-0.4, -0.2) is 18.1 Å². The van der Waals surface area contributed by atoms with Gasteiger partial charge in [0.2, 0.25) is 0 Å². The van der Waals surface area contributed by atoms with E-state index in [0.29, 0.717) is 5.57 Å². The Bertz CT molecular complexity index is 491. The van der Waals surface area contributed by atoms with Crippen molar-refractivity contribution in [2.45, 2.75) is 0 Å². The first kappa shape index (κ1) is 12.7. The zero-order chi connectivity index (χ0) is 12.8. The molecule has 6 heteroatoms. The summed E-state index contributed by atoms with van der Waals surface area (Å²) in [5.41, 5.74) is 5.92. The van der Waals surface area contributed by atoms with Gasteiger partial charge in [-0.2, -0.15) is 5.26 Å². The maximum absolute atomic E-state index is 10.8. The number of nitro groups is 1. The average Bonchev–Trinajstić information content (AvgIpc) is 2.35. The van der Waals surface area contributed by atoms with E-state index in [-0.39, 0.29) is 30.2 Å². The first-order valence-electron chi connectivity index (χ1n) is 4.76. The number of hydrogen-bond acceptors (Lipinski definition) is 5. The Kier molecular flexibility index (Phi) is 4.20. The smallest absolute Gasteiger partial charge is 0.312 e. The first-order chi connectivity index (χ1) is 8.08. The van der Waals surface area contributed by atoms with Crippen LogP contribution >= 0.6 is 0 Å². The number of nitriles is 1. The molecule has 1 aromatic carbocycles. The zero-order valence-corrected chi connectivity index (χ0v) is 9.05. The van der Waals surface area contributed by atoms with Gasteiger partial charge in [0.15, 0.2) is 5.75 Å². The standard InChI is InChI=1S/C11H11N3O3/c1-8(5-12)7-17-11-3-2-9(6-13)4-10(11)14(15)16/h2-4H,1,5,7,12H2. The van der Waals surface area contributed by atoms with E-state index in [1.807, 2.05) is 6.07 Å². The monoisotopic (exact) mass is 233 g/mol. The number of rotatable bonds is 5. The van der Waals surface area contributed by atoms with Gasteiger partial charge in [-0.3, -0.25) is 10.1 Å². The molecule has 0 radical (unpaired) electrons. The minimum atomic E-state index is -0.596. The Balaban J connectivity index is 2.95. The second-order valence-electron chi connectivity index (χ2n) is 3.29. The number of ether oxygens (including phenoxy) is 1. The average molecular weight is 233 g/mol. The Morgan fingerprint density at radius 1 is 1.65 bits per heavy atom. The molecule has 0 atom stereocenters. The van der Waals surface area contributed by atoms with Crippen molar-refractivity contribution < 1.29 is 9.66 Å². The molecular weight excluding hydrogens is 222 g/mol. The van der Waals surface area contributed by atoms with E-state index in [1.54, 1.807) is 0 Å². The van der Waals surface area contributed by atoms with E-state index in [0.717, 1.165) is 0 Å². The van der Waals surface area contributed by atoms with E-state index in [2.05, 4.69) is 6.58 Å². The highest BCUT2D eigenvalue weighted by Gasteiger charge is 2.16. The summed E-state index contributed by atoms with van der Waals surface area (Å²) < 4.78 is 5.22. The van der Waals surface area contributed by atoms with Gasteiger partial charge in [0.25, 0.3) is 0 Å². The van der Waals surface area contributed by atoms with Gasteiger partial charge in [-0.1, -0.05) is 6.58 Å². The van der Waals surface area contributed by atoms with Crippen LogP contribution in [0.5, 0.6) is 5.75 Å². The molecule has 1 rings (SSSR count). The summed E-state index contributed by atoms with van der Waals surface area (Å²) in [5.74, 6) is 0.101. The summed E-state index contributed by atoms with van der Waals surface area (Å²) in [5, 5.41) is 19.4. The molecule has 17 heavy (non-hydrogen) atoms. The van der Waals surface area contributed by atoms with Gasteiger partial charge < -0.3 is 10.5 Å². The molecule has 0 fully saturated rings. The van der Waals surface area contributed by atoms with Gasteiger partial charge in [-0.15, -0.1) is 0 Å². The highest BCUT2D eigenvalue weighted by molar-refractivity contribution is 5.51. The van der Waals surface area contributed by atoms with E-state index >= 15 is 0 Å². The SMILES string of the molecule is C=C(CN)COc1ccc(C#N)cc1[N+](=O)[O-]. The summed E-state index contributed by atoms with van der Waals surface area (Å²) >= 11 is 0. The minimum Gasteiger partial charge on any atom is -0.482 e. The maximum Gasteiger partial charge on any atom is 0.312 e. The molecule has 6 nitrogen and oxygen atoms in total. The van der Waals surface area contributed by atoms with Gasteiger partial charge in [0.1, 0.15) is 6.61 Å². The van der Waals surface area contributed by atoms with Gasteiger partial charge >= 0.3 is 5.69 Å². The third kappa shape index (κ3) is 3.29. The molecule has 0 saturated carbocycles. The summed E-state index contributed by atoms with van der Waals surface area (Å²) in [6.07, 6.45) is 0. The third-order valence-electron chi connectivity index (χ3n) is 2.01. The molecule has 0 aromatic heterocycles. The van der Waals surface area contributed by atoms with E-state index in [4.69, 9.17) is 15.7 Å². The van der Waals surface area contributed by atoms with Crippen LogP contribution in [0, 0.1) is 21.4 Å². The van der Waals surface area contributed by atoms with Crippen molar-refractivity contribution in [2.75, 3.05) is 13.2 Å². The Morgan fingerprint density at radius 2 is 2.35 bits per heavy atom. The van der Waals surface area contributed by atoms with Crippen molar-refractivity contribution in [3.8, 4) is 11.8 Å². The lowest BCUT2D eigenvalue weighted by molar-refractivity contribution is -0.385. The fourth-order valence-corrected chi connectivity index (χ4v) is 1.09. The Hall–Kier alpha value is -2.39. The van der Waals surface area contributed by atoms with Gasteiger partial charge in [0.05, 0.1) is 16.6 Å². The second-order valence-corrected chi connectivity index (χ2v) is 3.29. The summed E-state index contributed by atoms with van der Waals surface area (Å²) in [4.78, 5) is 10.2. The van der Waals surface area contributed by atoms with Crippen molar-refractivity contribution in [3.63, 3.8) is 0 Å². The van der Waals surface area contributed by atoms with Gasteiger partial charge in [-0.05, 0) is 17.7 Å². The molecule has 0 unspecified atom stereocenters. The molecule has 2 N–H and O–H groups in total. The van der Waals surface area contributed by atoms with E-state index < -0.39 is 4.92 Å². The van der Waals surface area contributed by atoms with Gasteiger partial charge in [-0.25, -0.2) is 0 Å². The third-order valence-corrected chi connectivity index (χ3v) is 2.01. The van der Waals surface area contributed by atoms with Crippen LogP contribution in [-0.2, 0) is 0 Å². The molecule has 88 valence electrons. The van der Waals surface area contributed by atoms with Crippen molar-refractivity contribution in [2.24, 2.45) is 5.73 Å². The number of nitrogens with two attached hydrogens (primary N) is 1. The number of hydrogen-bond donors (Lipinski definition) is 1. The van der Waals surface area contributed by atoms with Crippen LogP contribution in [0.3, 0.4) is 0 Å². The molecule has 0 bridgehead atoms. The lowest BCUT2D eigenvalue weighted by Gasteiger charge is -2.07. The molecule has 1 aromatic rings. The molecule has 0 spiro atoms. The van der Waals surface area contributed by atoms with Crippen molar-refractivity contribution in [1.82, 2.24) is 0 Å². The molecule has 0 heterocycles. The van der Waals surface area contributed by atoms with Crippen molar-refractivity contribution in [3.05, 3.63) is 46.0 Å². The Labute approximate surface area is 98.1 Å². The highest BCUT2D eigenvalue weighted by Crippen LogP contribution is 2.27. The largest absolute Gasteiger partial charge is 0.482 e. The molecule has 0 aliphatic heterocycles. The lowest BCUT2D eigenvalue weighted by Crippen LogP contribution is -2.10. The summed E-state index contributed by atoms with van der Waals surface area (Å²) in [7, 11) is 0.